The molecule has 0 saturated carbocycles. The molecule has 54 heavy (non-hydrogen) atoms. The highest BCUT2D eigenvalue weighted by atomic mass is 16.6. The Morgan fingerprint density at radius 1 is 0.759 bits per heavy atom. The molecule has 3 heterocycles. The molecule has 0 aliphatic carbocycles. The van der Waals surface area contributed by atoms with Crippen LogP contribution >= 0.6 is 0 Å². The number of aromatic nitrogens is 2. The number of ketones is 1. The molecule has 1 amide bonds. The van der Waals surface area contributed by atoms with E-state index in [-0.39, 0.29) is 63.0 Å². The lowest BCUT2D eigenvalue weighted by Gasteiger charge is -2.11. The van der Waals surface area contributed by atoms with Gasteiger partial charge in [-0.15, -0.1) is 0 Å². The summed E-state index contributed by atoms with van der Waals surface area (Å²) >= 11 is 0. The average molecular weight is 747 g/mol. The molecule has 0 bridgehead atoms. The summed E-state index contributed by atoms with van der Waals surface area (Å²) < 4.78 is 7.15. The number of carbonyl (C=O) groups is 3. The molecule has 1 aliphatic rings. The number of aryl methyl sites for hydroxylation is 2. The molecule has 21 heteroatoms. The zero-order valence-corrected chi connectivity index (χ0v) is 28.0. The third kappa shape index (κ3) is 8.04. The van der Waals surface area contributed by atoms with Gasteiger partial charge < -0.3 is 29.0 Å². The number of amides is 1. The third-order valence-corrected chi connectivity index (χ3v) is 7.74. The highest BCUT2D eigenvalue weighted by Crippen LogP contribution is 2.31. The molecular formula is C33H32BN6O14. The van der Waals surface area contributed by atoms with E-state index in [1.54, 1.807) is 6.92 Å². The van der Waals surface area contributed by atoms with Gasteiger partial charge in [-0.1, -0.05) is 7.43 Å². The number of non-ortho nitro benzene ring substituents is 3. The summed E-state index contributed by atoms with van der Waals surface area (Å²) in [6.45, 7) is 1.62. The largest absolute Gasteiger partial charge is 0.503 e. The van der Waals surface area contributed by atoms with Gasteiger partial charge in [-0.2, -0.15) is 0 Å². The first-order valence-electron chi connectivity index (χ1n) is 14.7. The quantitative estimate of drug-likeness (QED) is 0.0852. The van der Waals surface area contributed by atoms with E-state index in [0.29, 0.717) is 16.6 Å². The summed E-state index contributed by atoms with van der Waals surface area (Å²) in [5, 5.41) is 51.6. The first kappa shape index (κ1) is 42.7. The van der Waals surface area contributed by atoms with Crippen LogP contribution in [0, 0.1) is 30.3 Å². The van der Waals surface area contributed by atoms with Crippen LogP contribution in [-0.4, -0.2) is 73.8 Å². The molecule has 0 fully saturated rings. The van der Waals surface area contributed by atoms with E-state index in [4.69, 9.17) is 4.74 Å². The Bertz CT molecular complexity index is 2500. The van der Waals surface area contributed by atoms with E-state index in [9.17, 15) is 64.5 Å². The number of hydrogen-bond donors (Lipinski definition) is 2. The summed E-state index contributed by atoms with van der Waals surface area (Å²) in [6, 6.07) is 12.8. The normalized spacial score (nSPS) is 11.2. The minimum Gasteiger partial charge on any atom is -0.503 e. The molecule has 20 nitrogen and oxygen atoms in total. The van der Waals surface area contributed by atoms with Crippen LogP contribution in [0.5, 0.6) is 11.5 Å². The molecular weight excluding hydrogens is 715 g/mol. The summed E-state index contributed by atoms with van der Waals surface area (Å²) in [7, 11) is 4.35. The highest BCUT2D eigenvalue weighted by molar-refractivity contribution is 6.52. The van der Waals surface area contributed by atoms with Crippen molar-refractivity contribution in [2.24, 2.45) is 14.1 Å². The molecule has 3 aromatic carbocycles. The lowest BCUT2D eigenvalue weighted by Crippen LogP contribution is -2.24. The zero-order chi connectivity index (χ0) is 38.8. The van der Waals surface area contributed by atoms with E-state index >= 15 is 0 Å². The van der Waals surface area contributed by atoms with Gasteiger partial charge >= 0.3 is 5.97 Å². The first-order chi connectivity index (χ1) is 24.4. The zero-order valence-electron chi connectivity index (χ0n) is 28.0. The van der Waals surface area contributed by atoms with Crippen molar-refractivity contribution in [1.82, 2.24) is 9.13 Å². The van der Waals surface area contributed by atoms with E-state index in [1.807, 2.05) is 0 Å². The number of aromatic hydroxyl groups is 2. The number of nitro benzene ring substituents is 3. The van der Waals surface area contributed by atoms with Crippen molar-refractivity contribution in [2.45, 2.75) is 14.4 Å². The molecule has 0 unspecified atom stereocenters. The molecule has 3 radical (unpaired) electrons. The molecule has 1 aliphatic heterocycles. The number of pyridine rings is 2. The molecule has 5 aromatic rings. The summed E-state index contributed by atoms with van der Waals surface area (Å²) in [5.41, 5.74) is -0.867. The van der Waals surface area contributed by atoms with E-state index < -0.39 is 55.0 Å². The second-order valence-electron chi connectivity index (χ2n) is 10.8. The predicted octanol–water partition coefficient (Wildman–Crippen LogP) is 3.74. The number of hydrogen-bond acceptors (Lipinski definition) is 14. The standard InChI is InChI=1S/C13H12N2O6.C10H8N2O4.C9H6N2O4.CH4.B.H2/c1-3-21-13(18)10-8-6-7(15(19)20)4-5-9(8)14(2)12(17)11(10)16;1-11-8-3-2-7(12(15)16)4-6(8)5-9(13)10(11)14;1-10-7-3-2-5(11(14)15)4-6(7)8(12)9(10)13;;;/h4-6,16H,3H2,1-2H3;2-5,13H,1H3;2-4H,1H3;1H4;;1H. The van der Waals surface area contributed by atoms with Gasteiger partial charge in [0, 0.05) is 78.2 Å². The van der Waals surface area contributed by atoms with Gasteiger partial charge in [-0.05, 0) is 31.2 Å². The Balaban J connectivity index is 0.000000408. The van der Waals surface area contributed by atoms with E-state index in [2.05, 4.69) is 0 Å². The van der Waals surface area contributed by atoms with Crippen molar-refractivity contribution >= 4 is 70.6 Å². The van der Waals surface area contributed by atoms with Crippen molar-refractivity contribution in [2.75, 3.05) is 18.6 Å². The summed E-state index contributed by atoms with van der Waals surface area (Å²) in [6.07, 6.45) is 0. The van der Waals surface area contributed by atoms with Gasteiger partial charge in [-0.3, -0.25) is 49.5 Å². The van der Waals surface area contributed by atoms with Gasteiger partial charge in [0.2, 0.25) is 0 Å². The number of carbonyl (C=O) groups excluding carboxylic acids is 3. The molecule has 0 saturated heterocycles. The van der Waals surface area contributed by atoms with Crippen molar-refractivity contribution in [3.05, 3.63) is 123 Å². The topological polar surface area (TPSA) is 278 Å². The number of anilines is 1. The molecule has 0 atom stereocenters. The van der Waals surface area contributed by atoms with Crippen LogP contribution in [0.3, 0.4) is 0 Å². The van der Waals surface area contributed by atoms with Gasteiger partial charge in [0.05, 0.1) is 43.7 Å². The smallest absolute Gasteiger partial charge is 0.342 e. The number of rotatable bonds is 5. The number of esters is 1. The number of likely N-dealkylation sites (N-methyl/N-ethyl adjacent to an activating group) is 1. The number of benzene rings is 3. The molecule has 0 spiro atoms. The van der Waals surface area contributed by atoms with Crippen LogP contribution in [0.2, 0.25) is 0 Å². The van der Waals surface area contributed by atoms with Gasteiger partial charge in [0.1, 0.15) is 5.56 Å². The van der Waals surface area contributed by atoms with Gasteiger partial charge in [-0.25, -0.2) is 4.79 Å². The number of nitro groups is 3. The summed E-state index contributed by atoms with van der Waals surface area (Å²) in [4.78, 5) is 89.1. The minimum atomic E-state index is -0.904. The first-order valence-corrected chi connectivity index (χ1v) is 14.7. The van der Waals surface area contributed by atoms with Crippen LogP contribution in [0.25, 0.3) is 21.8 Å². The molecule has 6 rings (SSSR count). The Hall–Kier alpha value is -7.45. The average Bonchev–Trinajstić information content (AvgIpc) is 3.32. The van der Waals surface area contributed by atoms with Crippen LogP contribution in [0.1, 0.15) is 36.5 Å². The summed E-state index contributed by atoms with van der Waals surface area (Å²) in [5.74, 6) is -3.47. The molecule has 281 valence electrons. The maximum Gasteiger partial charge on any atom is 0.342 e. The van der Waals surface area contributed by atoms with Gasteiger partial charge in [0.15, 0.2) is 11.5 Å². The molecule has 2 aromatic heterocycles. The fourth-order valence-corrected chi connectivity index (χ4v) is 5.10. The monoisotopic (exact) mass is 747 g/mol. The van der Waals surface area contributed by atoms with E-state index in [1.165, 1.54) is 79.1 Å². The highest BCUT2D eigenvalue weighted by Gasteiger charge is 2.34. The van der Waals surface area contributed by atoms with Crippen LogP contribution in [-0.2, 0) is 23.6 Å². The maximum atomic E-state index is 11.9. The molecule has 2 N–H and O–H groups in total. The van der Waals surface area contributed by atoms with Crippen LogP contribution in [0.15, 0.2) is 70.3 Å². The third-order valence-electron chi connectivity index (χ3n) is 7.74. The van der Waals surface area contributed by atoms with Crippen molar-refractivity contribution in [1.29, 1.82) is 0 Å². The van der Waals surface area contributed by atoms with Crippen LogP contribution < -0.4 is 16.0 Å². The Morgan fingerprint density at radius 3 is 1.81 bits per heavy atom. The minimum absolute atomic E-state index is 0. The fourth-order valence-electron chi connectivity index (χ4n) is 5.10. The number of nitrogens with zero attached hydrogens (tertiary/aromatic N) is 6. The Labute approximate surface area is 306 Å². The number of ether oxygens (including phenoxy) is 1. The van der Waals surface area contributed by atoms with Gasteiger partial charge in [0.25, 0.3) is 39.9 Å². The second-order valence-corrected chi connectivity index (χ2v) is 10.8. The SMILES string of the molecule is C.CCOC(=O)c1c(O)c(=O)n(C)c2ccc([N+](=O)[O-])cc12.CN1C(=O)C(=O)c2cc([N+](=O)[O-])ccc21.Cn1c(=O)c(O)cc2cc([N+](=O)[O-])ccc21.[B].[HH]. The lowest BCUT2D eigenvalue weighted by molar-refractivity contribution is -0.385. The fraction of sp³-hybridized carbons (Fsp3) is 0.182. The van der Waals surface area contributed by atoms with Crippen molar-refractivity contribution in [3.63, 3.8) is 0 Å². The maximum absolute atomic E-state index is 11.9. The van der Waals surface area contributed by atoms with E-state index in [0.717, 1.165) is 16.7 Å². The van der Waals surface area contributed by atoms with Crippen molar-refractivity contribution < 1.29 is 45.5 Å². The predicted molar refractivity (Wildman–Crippen MR) is 196 cm³/mol. The van der Waals surface area contributed by atoms with Crippen molar-refractivity contribution in [3.8, 4) is 11.5 Å². The Kier molecular flexibility index (Phi) is 13.2. The van der Waals surface area contributed by atoms with Crippen LogP contribution in [0.4, 0.5) is 22.7 Å². The number of Topliss-reactive ketones (excluding diaryl/α,β-unsaturated/α-hetero) is 1. The number of fused-ring (bicyclic) bond motifs is 3. The lowest BCUT2D eigenvalue weighted by atomic mass is 10.1. The Morgan fingerprint density at radius 2 is 1.26 bits per heavy atom. The second kappa shape index (κ2) is 16.7.